The fourth-order valence-electron chi connectivity index (χ4n) is 3.01. The van der Waals surface area contributed by atoms with E-state index in [9.17, 15) is 0 Å². The molecule has 1 aromatic rings. The summed E-state index contributed by atoms with van der Waals surface area (Å²) in [7, 11) is 1.75. The summed E-state index contributed by atoms with van der Waals surface area (Å²) >= 11 is 0. The normalized spacial score (nSPS) is 18.3. The Balaban J connectivity index is 1.81. The zero-order valence-electron chi connectivity index (χ0n) is 11.4. The molecule has 1 N–H and O–H groups in total. The van der Waals surface area contributed by atoms with Crippen molar-refractivity contribution in [3.05, 3.63) is 24.2 Å². The van der Waals surface area contributed by atoms with Gasteiger partial charge in [-0.1, -0.05) is 25.7 Å². The van der Waals surface area contributed by atoms with Gasteiger partial charge in [0.15, 0.2) is 0 Å². The van der Waals surface area contributed by atoms with Crippen LogP contribution in [0.4, 0.5) is 0 Å². The van der Waals surface area contributed by atoms with Gasteiger partial charge in [0.2, 0.25) is 0 Å². The second-order valence-corrected chi connectivity index (χ2v) is 5.34. The average Bonchev–Trinajstić information content (AvgIpc) is 3.05. The maximum absolute atomic E-state index is 5.18. The zero-order valence-corrected chi connectivity index (χ0v) is 11.4. The van der Waals surface area contributed by atoms with Crippen LogP contribution in [0.25, 0.3) is 0 Å². The summed E-state index contributed by atoms with van der Waals surface area (Å²) in [4.78, 5) is 0. The first-order valence-corrected chi connectivity index (χ1v) is 7.11. The summed E-state index contributed by atoms with van der Waals surface area (Å²) in [6.07, 6.45) is 10.4. The Morgan fingerprint density at radius 1 is 1.44 bits per heavy atom. The molecule has 0 aromatic carbocycles. The minimum absolute atomic E-state index is 0.738. The zero-order chi connectivity index (χ0) is 12.6. The molecular weight excluding hydrogens is 226 g/mol. The average molecular weight is 251 g/mol. The van der Waals surface area contributed by atoms with E-state index >= 15 is 0 Å². The highest BCUT2D eigenvalue weighted by molar-refractivity contribution is 5.07. The number of nitrogens with one attached hydrogen (secondary N) is 1. The van der Waals surface area contributed by atoms with Gasteiger partial charge in [0.05, 0.1) is 19.1 Å². The Morgan fingerprint density at radius 3 is 2.94 bits per heavy atom. The predicted molar refractivity (Wildman–Crippen MR) is 72.6 cm³/mol. The standard InChI is InChI=1S/C15H25NO2/c1-17-9-7-16-11-15(14-4-2-3-5-14)10-13-6-8-18-12-13/h6,8,12,14-16H,2-5,7,9-11H2,1H3. The maximum atomic E-state index is 5.18. The SMILES string of the molecule is COCCNCC(Cc1ccoc1)C1CCCC1. The topological polar surface area (TPSA) is 34.4 Å². The van der Waals surface area contributed by atoms with Crippen LogP contribution in [0, 0.1) is 11.8 Å². The molecule has 102 valence electrons. The van der Waals surface area contributed by atoms with E-state index in [1.54, 1.807) is 13.4 Å². The summed E-state index contributed by atoms with van der Waals surface area (Å²) in [5, 5.41) is 3.52. The van der Waals surface area contributed by atoms with E-state index in [-0.39, 0.29) is 0 Å². The molecule has 1 heterocycles. The number of hydrogen-bond acceptors (Lipinski definition) is 3. The maximum Gasteiger partial charge on any atom is 0.0934 e. The molecule has 1 aliphatic carbocycles. The van der Waals surface area contributed by atoms with Crippen molar-refractivity contribution in [1.29, 1.82) is 0 Å². The molecule has 0 amide bonds. The molecule has 1 aromatic heterocycles. The molecular formula is C15H25NO2. The van der Waals surface area contributed by atoms with Crippen molar-refractivity contribution in [3.63, 3.8) is 0 Å². The van der Waals surface area contributed by atoms with Gasteiger partial charge >= 0.3 is 0 Å². The lowest BCUT2D eigenvalue weighted by Crippen LogP contribution is -2.31. The Hall–Kier alpha value is -0.800. The monoisotopic (exact) mass is 251 g/mol. The van der Waals surface area contributed by atoms with E-state index in [0.29, 0.717) is 0 Å². The molecule has 0 radical (unpaired) electrons. The quantitative estimate of drug-likeness (QED) is 0.721. The molecule has 1 unspecified atom stereocenters. The van der Waals surface area contributed by atoms with Crippen LogP contribution in [0.5, 0.6) is 0 Å². The summed E-state index contributed by atoms with van der Waals surface area (Å²) in [6, 6.07) is 2.09. The summed E-state index contributed by atoms with van der Waals surface area (Å²) in [5.41, 5.74) is 1.33. The minimum Gasteiger partial charge on any atom is -0.472 e. The van der Waals surface area contributed by atoms with E-state index in [0.717, 1.165) is 38.0 Å². The molecule has 1 aliphatic rings. The lowest BCUT2D eigenvalue weighted by Gasteiger charge is -2.23. The van der Waals surface area contributed by atoms with Gasteiger partial charge in [-0.05, 0) is 36.4 Å². The highest BCUT2D eigenvalue weighted by Crippen LogP contribution is 2.33. The second kappa shape index (κ2) is 7.59. The van der Waals surface area contributed by atoms with Gasteiger partial charge in [-0.2, -0.15) is 0 Å². The fourth-order valence-corrected chi connectivity index (χ4v) is 3.01. The minimum atomic E-state index is 0.738. The second-order valence-electron chi connectivity index (χ2n) is 5.34. The van der Waals surface area contributed by atoms with Crippen molar-refractivity contribution in [1.82, 2.24) is 5.32 Å². The molecule has 1 saturated carbocycles. The van der Waals surface area contributed by atoms with Gasteiger partial charge in [0.1, 0.15) is 0 Å². The van der Waals surface area contributed by atoms with Gasteiger partial charge in [-0.25, -0.2) is 0 Å². The fraction of sp³-hybridized carbons (Fsp3) is 0.733. The Labute approximate surface area is 110 Å². The van der Waals surface area contributed by atoms with Gasteiger partial charge < -0.3 is 14.5 Å². The first-order valence-electron chi connectivity index (χ1n) is 7.11. The van der Waals surface area contributed by atoms with Crippen molar-refractivity contribution in [2.75, 3.05) is 26.8 Å². The molecule has 0 aliphatic heterocycles. The molecule has 3 nitrogen and oxygen atoms in total. The lowest BCUT2D eigenvalue weighted by atomic mass is 9.86. The van der Waals surface area contributed by atoms with E-state index in [1.807, 2.05) is 6.26 Å². The third-order valence-electron chi connectivity index (χ3n) is 4.03. The molecule has 18 heavy (non-hydrogen) atoms. The van der Waals surface area contributed by atoms with Crippen LogP contribution in [-0.2, 0) is 11.2 Å². The van der Waals surface area contributed by atoms with Crippen molar-refractivity contribution >= 4 is 0 Å². The van der Waals surface area contributed by atoms with Gasteiger partial charge in [0, 0.05) is 13.7 Å². The molecule has 2 rings (SSSR count). The highest BCUT2D eigenvalue weighted by Gasteiger charge is 2.25. The number of furan rings is 1. The number of hydrogen-bond donors (Lipinski definition) is 1. The Morgan fingerprint density at radius 2 is 2.28 bits per heavy atom. The van der Waals surface area contributed by atoms with Crippen molar-refractivity contribution in [3.8, 4) is 0 Å². The molecule has 0 spiro atoms. The van der Waals surface area contributed by atoms with Crippen LogP contribution >= 0.6 is 0 Å². The number of ether oxygens (including phenoxy) is 1. The van der Waals surface area contributed by atoms with Crippen molar-refractivity contribution < 1.29 is 9.15 Å². The lowest BCUT2D eigenvalue weighted by molar-refractivity contribution is 0.195. The summed E-state index contributed by atoms with van der Waals surface area (Å²) < 4.78 is 10.3. The van der Waals surface area contributed by atoms with Crippen molar-refractivity contribution in [2.45, 2.75) is 32.1 Å². The van der Waals surface area contributed by atoms with Crippen LogP contribution in [0.15, 0.2) is 23.0 Å². The van der Waals surface area contributed by atoms with Crippen LogP contribution in [0.2, 0.25) is 0 Å². The van der Waals surface area contributed by atoms with Crippen LogP contribution in [0.1, 0.15) is 31.2 Å². The molecule has 3 heteroatoms. The van der Waals surface area contributed by atoms with Crippen molar-refractivity contribution in [2.24, 2.45) is 11.8 Å². The van der Waals surface area contributed by atoms with Crippen LogP contribution in [-0.4, -0.2) is 26.8 Å². The Bertz CT molecular complexity index is 304. The number of rotatable bonds is 8. The predicted octanol–water partition coefficient (Wildman–Crippen LogP) is 2.86. The Kier molecular flexibility index (Phi) is 5.75. The van der Waals surface area contributed by atoms with Crippen LogP contribution < -0.4 is 5.32 Å². The third-order valence-corrected chi connectivity index (χ3v) is 4.03. The van der Waals surface area contributed by atoms with E-state index in [2.05, 4.69) is 11.4 Å². The smallest absolute Gasteiger partial charge is 0.0934 e. The molecule has 1 fully saturated rings. The van der Waals surface area contributed by atoms with Crippen LogP contribution in [0.3, 0.4) is 0 Å². The number of methoxy groups -OCH3 is 1. The molecule has 0 bridgehead atoms. The largest absolute Gasteiger partial charge is 0.472 e. The first-order chi connectivity index (χ1) is 8.90. The van der Waals surface area contributed by atoms with Gasteiger partial charge in [-0.15, -0.1) is 0 Å². The molecule has 1 atom stereocenters. The molecule has 0 saturated heterocycles. The van der Waals surface area contributed by atoms with E-state index in [1.165, 1.54) is 31.2 Å². The first kappa shape index (κ1) is 13.6. The third kappa shape index (κ3) is 4.14. The van der Waals surface area contributed by atoms with E-state index < -0.39 is 0 Å². The summed E-state index contributed by atoms with van der Waals surface area (Å²) in [6.45, 7) is 2.84. The van der Waals surface area contributed by atoms with Gasteiger partial charge in [0.25, 0.3) is 0 Å². The van der Waals surface area contributed by atoms with Gasteiger partial charge in [-0.3, -0.25) is 0 Å². The summed E-state index contributed by atoms with van der Waals surface area (Å²) in [5.74, 6) is 1.62. The highest BCUT2D eigenvalue weighted by atomic mass is 16.5. The van der Waals surface area contributed by atoms with E-state index in [4.69, 9.17) is 9.15 Å².